The van der Waals surface area contributed by atoms with E-state index in [1.165, 1.54) is 27.7 Å². The van der Waals surface area contributed by atoms with Gasteiger partial charge in [0, 0.05) is 56.5 Å². The normalized spacial score (nSPS) is 24.5. The maximum absolute atomic E-state index is 13.2. The number of alkyl halides is 24. The minimum absolute atomic E-state index is 0.0378. The molecule has 0 spiro atoms. The largest absolute Gasteiger partial charge is 0.416 e. The van der Waals surface area contributed by atoms with Crippen molar-refractivity contribution < 1.29 is 129 Å². The zero-order valence-electron chi connectivity index (χ0n) is 72.8. The fraction of sp³-hybridized carbons (Fsp3) is 0.453. The van der Waals surface area contributed by atoms with Crippen molar-refractivity contribution >= 4 is 0 Å². The van der Waals surface area contributed by atoms with Crippen LogP contribution in [0.15, 0.2) is 194 Å². The summed E-state index contributed by atoms with van der Waals surface area (Å²) in [6.07, 6.45) is -38.4. The molecular formula is C95H98F24N10O5. The van der Waals surface area contributed by atoms with Gasteiger partial charge in [0.05, 0.1) is 120 Å². The number of ether oxygens (including phenoxy) is 4. The molecule has 4 aliphatic rings. The maximum atomic E-state index is 13.2. The summed E-state index contributed by atoms with van der Waals surface area (Å²) >= 11 is 0. The van der Waals surface area contributed by atoms with E-state index in [0.717, 1.165) is 29.4 Å². The predicted molar refractivity (Wildman–Crippen MR) is 449 cm³/mol. The molecule has 2 aliphatic heterocycles. The van der Waals surface area contributed by atoms with E-state index in [2.05, 4.69) is 30.0 Å². The van der Waals surface area contributed by atoms with Crippen LogP contribution >= 0.6 is 0 Å². The molecule has 4 fully saturated rings. The number of nitrogens with zero attached hydrogens (tertiary/aromatic N) is 4. The molecule has 134 heavy (non-hydrogen) atoms. The second-order valence-electron chi connectivity index (χ2n) is 33.9. The average molecular weight is 1920 g/mol. The van der Waals surface area contributed by atoms with Gasteiger partial charge < -0.3 is 24.1 Å². The molecule has 8 aromatic rings. The lowest BCUT2D eigenvalue weighted by Gasteiger charge is -2.42. The van der Waals surface area contributed by atoms with Crippen molar-refractivity contribution in [2.24, 2.45) is 22.9 Å². The van der Waals surface area contributed by atoms with Crippen molar-refractivity contribution in [2.45, 2.75) is 223 Å². The first-order valence-electron chi connectivity index (χ1n) is 41.6. The van der Waals surface area contributed by atoms with E-state index in [-0.39, 0.29) is 86.0 Å². The molecule has 39 heteroatoms. The minimum atomic E-state index is -4.93. The molecular weight excluding hydrogens is 1820 g/mol. The van der Waals surface area contributed by atoms with Crippen molar-refractivity contribution in [3.8, 4) is 0 Å². The van der Waals surface area contributed by atoms with Crippen LogP contribution in [0.4, 0.5) is 105 Å². The van der Waals surface area contributed by atoms with E-state index in [1.54, 1.807) is 0 Å². The van der Waals surface area contributed by atoms with Crippen molar-refractivity contribution in [3.63, 3.8) is 0 Å². The summed E-state index contributed by atoms with van der Waals surface area (Å²) in [7, 11) is 1.00. The number of rotatable bonds is 20. The zero-order chi connectivity index (χ0) is 100.0. The first-order valence-corrected chi connectivity index (χ1v) is 41.6. The third kappa shape index (κ3) is 28.4. The third-order valence-electron chi connectivity index (χ3n) is 24.6. The van der Waals surface area contributed by atoms with Gasteiger partial charge in [0.15, 0.2) is 0 Å². The van der Waals surface area contributed by atoms with Gasteiger partial charge in [-0.25, -0.2) is 26.3 Å². The maximum Gasteiger partial charge on any atom is 0.416 e. The van der Waals surface area contributed by atoms with Crippen LogP contribution in [-0.2, 0) is 90.3 Å². The van der Waals surface area contributed by atoms with E-state index >= 15 is 0 Å². The molecule has 12 rings (SSSR count). The molecule has 2 saturated heterocycles. The Morgan fingerprint density at radius 2 is 0.455 bits per heavy atom. The van der Waals surface area contributed by atoms with Gasteiger partial charge in [0.25, 0.3) is 22.7 Å². The summed E-state index contributed by atoms with van der Waals surface area (Å²) in [5.74, 6) is 0. The van der Waals surface area contributed by atoms with Gasteiger partial charge in [-0.1, -0.05) is 121 Å². The number of hydrogen-bond donors (Lipinski definition) is 7. The van der Waals surface area contributed by atoms with E-state index in [4.69, 9.17) is 73.3 Å². The van der Waals surface area contributed by atoms with E-state index in [0.29, 0.717) is 126 Å². The molecule has 2 heterocycles. The van der Waals surface area contributed by atoms with Crippen molar-refractivity contribution in [1.29, 1.82) is 0 Å². The highest BCUT2D eigenvalue weighted by molar-refractivity contribution is 5.41. The number of aliphatic hydroxyl groups excluding tert-OH is 1. The van der Waals surface area contributed by atoms with Crippen molar-refractivity contribution in [1.82, 2.24) is 10.6 Å². The number of halogens is 24. The van der Waals surface area contributed by atoms with E-state index in [1.807, 2.05) is 121 Å². The first kappa shape index (κ1) is 109. The second kappa shape index (κ2) is 42.9. The monoisotopic (exact) mass is 1910 g/mol. The molecule has 2 saturated carbocycles. The highest BCUT2D eigenvalue weighted by Crippen LogP contribution is 2.50. The SMILES string of the molecule is CO.[C-]#[N+]C1(N)CCC(CO[C@H](C)c2cc(C(F)(F)F)cc(C(F)(F)F)c2)(c2ccccc2)CC1.[C-]#[N+]C1(N)CCC(CO[C@H](C)c2cc(C(F)(F)F)cc(C(F)(F)F)c2)(c2ccccc2)CC1.[C-]#[N+][C@@]1(N)CC[C@@](CO[C@H](C)c2cc(C(F)(F)F)cc(C(F)(F)F)c2)(c2ccccc2)NC1.[C-]#[N+][C@]1(N)CC[C@@](CO[C@H](C)c2cc(C(F)(F)F)cc(C(F)(F)F)c2)(c2ccccc2)NC1. The average Bonchev–Trinajstić information content (AvgIpc) is 0.764. The Bertz CT molecular complexity index is 4550. The lowest BCUT2D eigenvalue weighted by molar-refractivity contribution is -0.145. The van der Waals surface area contributed by atoms with Crippen molar-refractivity contribution in [3.05, 3.63) is 329 Å². The van der Waals surface area contributed by atoms with Gasteiger partial charge in [-0.2, -0.15) is 105 Å². The van der Waals surface area contributed by atoms with Crippen LogP contribution in [0.25, 0.3) is 19.4 Å². The molecule has 726 valence electrons. The number of nitrogens with two attached hydrogens (primary N) is 4. The highest BCUT2D eigenvalue weighted by Gasteiger charge is 2.52. The summed E-state index contributed by atoms with van der Waals surface area (Å²) in [6.45, 7) is 35.3. The Morgan fingerprint density at radius 3 is 0.627 bits per heavy atom. The minimum Gasteiger partial charge on any atom is -0.400 e. The Kier molecular flexibility index (Phi) is 34.9. The number of hydrogen-bond acceptors (Lipinski definition) is 11. The fourth-order valence-electron chi connectivity index (χ4n) is 16.0. The molecule has 8 atom stereocenters. The van der Waals surface area contributed by atoms with Crippen molar-refractivity contribution in [2.75, 3.05) is 46.6 Å². The predicted octanol–water partition coefficient (Wildman–Crippen LogP) is 24.7. The molecule has 15 nitrogen and oxygen atoms in total. The van der Waals surface area contributed by atoms with Gasteiger partial charge in [-0.3, -0.25) is 52.9 Å². The summed E-state index contributed by atoms with van der Waals surface area (Å²) in [4.78, 5) is 14.0. The number of benzene rings is 8. The first-order chi connectivity index (χ1) is 62.1. The number of piperidine rings is 2. The van der Waals surface area contributed by atoms with Gasteiger partial charge in [0.1, 0.15) is 0 Å². The van der Waals surface area contributed by atoms with Crippen LogP contribution in [0, 0.1) is 26.3 Å². The summed E-state index contributed by atoms with van der Waals surface area (Å²) in [5.41, 5.74) is 9.11. The van der Waals surface area contributed by atoms with Gasteiger partial charge in [-0.15, -0.1) is 0 Å². The molecule has 8 aromatic carbocycles. The molecule has 11 N–H and O–H groups in total. The molecule has 0 unspecified atom stereocenters. The quantitative estimate of drug-likeness (QED) is 0.0283. The van der Waals surface area contributed by atoms with Crippen LogP contribution < -0.4 is 33.6 Å². The standard InChI is InChI=1S/2C24H24F6N2O.2C23H23F6N3O.CH4O/c2*1-16(17-12-19(23(25,26)27)14-20(13-17)24(28,29)30)33-15-21(18-6-4-3-5-7-18)8-10-22(31,32-2)11-9-21;2*1-15(16-10-18(22(24,25)26)12-19(11-16)23(27,28)29)33-14-20(17-6-4-3-5-7-17)8-9-21(30,31-2)13-32-20;1-2/h2*3-7,12-14,16H,8-11,15,31H2,1H3;2*3-7,10-12,15,32H,8-9,13-14,30H2,1H3;2H,1H3/t2*16-,21?,22?;15-,20-,21+;15-,20-,21-;/m1111./s1. The molecule has 2 aliphatic carbocycles. The second-order valence-corrected chi connectivity index (χ2v) is 33.9. The molecule has 0 bridgehead atoms. The van der Waals surface area contributed by atoms with Crippen LogP contribution in [0.3, 0.4) is 0 Å². The van der Waals surface area contributed by atoms with Crippen LogP contribution in [0.5, 0.6) is 0 Å². The fourth-order valence-corrected chi connectivity index (χ4v) is 16.0. The van der Waals surface area contributed by atoms with Crippen LogP contribution in [-0.4, -0.2) is 74.4 Å². The zero-order valence-corrected chi connectivity index (χ0v) is 72.8. The van der Waals surface area contributed by atoms with E-state index in [9.17, 15) is 105 Å². The number of nitrogens with one attached hydrogen (secondary N) is 2. The Morgan fingerprint density at radius 1 is 0.276 bits per heavy atom. The summed E-state index contributed by atoms with van der Waals surface area (Å²) < 4.78 is 341. The third-order valence-corrected chi connectivity index (χ3v) is 24.6. The Labute approximate surface area is 758 Å². The molecule has 0 aromatic heterocycles. The lowest BCUT2D eigenvalue weighted by atomic mass is 9.67. The van der Waals surface area contributed by atoms with Crippen LogP contribution in [0.2, 0.25) is 0 Å². The molecule has 0 radical (unpaired) electrons. The summed E-state index contributed by atoms with van der Waals surface area (Å²) in [6, 6.07) is 42.8. The number of aliphatic hydroxyl groups is 1. The van der Waals surface area contributed by atoms with E-state index < -0.39 is 163 Å². The van der Waals surface area contributed by atoms with Crippen LogP contribution in [0.1, 0.15) is 218 Å². The topological polar surface area (TPSA) is 203 Å². The van der Waals surface area contributed by atoms with Gasteiger partial charge in [0.2, 0.25) is 0 Å². The summed E-state index contributed by atoms with van der Waals surface area (Å²) in [5, 5.41) is 13.5. The molecule has 0 amide bonds. The highest BCUT2D eigenvalue weighted by atomic mass is 19.4. The smallest absolute Gasteiger partial charge is 0.400 e. The Hall–Kier alpha value is -10.4. The Balaban J connectivity index is 0.000000218. The van der Waals surface area contributed by atoms with Gasteiger partial charge >= 0.3 is 49.4 Å². The van der Waals surface area contributed by atoms with Gasteiger partial charge in [-0.05, 0) is 184 Å². The lowest BCUT2D eigenvalue weighted by Crippen LogP contribution is -2.60.